The van der Waals surface area contributed by atoms with Gasteiger partial charge in [-0.25, -0.2) is 0 Å². The minimum atomic E-state index is -0.715. The van der Waals surface area contributed by atoms with E-state index in [0.717, 1.165) is 6.54 Å². The summed E-state index contributed by atoms with van der Waals surface area (Å²) in [5.41, 5.74) is 4.81. The third-order valence-electron chi connectivity index (χ3n) is 3.92. The molecule has 19 heavy (non-hydrogen) atoms. The van der Waals surface area contributed by atoms with Crippen molar-refractivity contribution in [2.75, 3.05) is 26.3 Å². The van der Waals surface area contributed by atoms with E-state index in [4.69, 9.17) is 10.5 Å². The highest BCUT2D eigenvalue weighted by molar-refractivity contribution is 5.77. The Morgan fingerprint density at radius 1 is 1.42 bits per heavy atom. The zero-order chi connectivity index (χ0) is 14.5. The Morgan fingerprint density at radius 2 is 2.00 bits per heavy atom. The first kappa shape index (κ1) is 16.2. The van der Waals surface area contributed by atoms with E-state index in [9.17, 15) is 5.11 Å². The Hall–Kier alpha value is -0.810. The van der Waals surface area contributed by atoms with Gasteiger partial charge >= 0.3 is 0 Å². The Bertz CT molecular complexity index is 308. The van der Waals surface area contributed by atoms with E-state index in [1.165, 1.54) is 0 Å². The number of rotatable bonds is 5. The molecule has 0 unspecified atom stereocenters. The van der Waals surface area contributed by atoms with E-state index in [-0.39, 0.29) is 5.41 Å². The van der Waals surface area contributed by atoms with Crippen molar-refractivity contribution < 1.29 is 9.84 Å². The Balaban J connectivity index is 2.55. The molecule has 0 aromatic rings. The molecule has 0 bridgehead atoms. The molecule has 112 valence electrons. The van der Waals surface area contributed by atoms with Crippen LogP contribution in [-0.2, 0) is 4.74 Å². The van der Waals surface area contributed by atoms with Crippen molar-refractivity contribution in [2.24, 2.45) is 22.1 Å². The van der Waals surface area contributed by atoms with Crippen LogP contribution in [0.25, 0.3) is 0 Å². The average molecular weight is 271 g/mol. The minimum Gasteiger partial charge on any atom is -0.389 e. The predicted octanol–water partition coefficient (Wildman–Crippen LogP) is 1.11. The maximum Gasteiger partial charge on any atom is 0.188 e. The minimum absolute atomic E-state index is 0.305. The molecule has 4 N–H and O–H groups in total. The Labute approximate surface area is 116 Å². The number of nitrogens with one attached hydrogen (secondary N) is 1. The Kier molecular flexibility index (Phi) is 5.62. The van der Waals surface area contributed by atoms with Crippen molar-refractivity contribution in [3.63, 3.8) is 0 Å². The van der Waals surface area contributed by atoms with Gasteiger partial charge in [0.15, 0.2) is 5.96 Å². The molecule has 1 fully saturated rings. The molecule has 5 nitrogen and oxygen atoms in total. The second-order valence-corrected chi connectivity index (χ2v) is 6.50. The van der Waals surface area contributed by atoms with Gasteiger partial charge in [0.1, 0.15) is 0 Å². The van der Waals surface area contributed by atoms with Crippen molar-refractivity contribution in [2.45, 2.75) is 46.1 Å². The van der Waals surface area contributed by atoms with Crippen LogP contribution < -0.4 is 11.1 Å². The molecule has 0 spiro atoms. The van der Waals surface area contributed by atoms with Crippen LogP contribution in [0.2, 0.25) is 0 Å². The van der Waals surface area contributed by atoms with E-state index >= 15 is 0 Å². The predicted molar refractivity (Wildman–Crippen MR) is 78.1 cm³/mol. The van der Waals surface area contributed by atoms with E-state index in [0.29, 0.717) is 44.5 Å². The lowest BCUT2D eigenvalue weighted by Gasteiger charge is -2.44. The molecule has 1 saturated heterocycles. The van der Waals surface area contributed by atoms with E-state index < -0.39 is 5.60 Å². The third kappa shape index (κ3) is 4.66. The summed E-state index contributed by atoms with van der Waals surface area (Å²) in [7, 11) is 0. The zero-order valence-electron chi connectivity index (χ0n) is 12.7. The van der Waals surface area contributed by atoms with E-state index in [1.807, 2.05) is 13.8 Å². The quantitative estimate of drug-likeness (QED) is 0.517. The van der Waals surface area contributed by atoms with Gasteiger partial charge in [-0.2, -0.15) is 0 Å². The van der Waals surface area contributed by atoms with E-state index in [2.05, 4.69) is 24.2 Å². The number of nitrogens with two attached hydrogens (primary N) is 1. The number of nitrogens with zero attached hydrogens (tertiary/aromatic N) is 1. The van der Waals surface area contributed by atoms with Crippen molar-refractivity contribution in [1.29, 1.82) is 0 Å². The molecular weight excluding hydrogens is 242 g/mol. The lowest BCUT2D eigenvalue weighted by Crippen LogP contribution is -2.50. The molecule has 1 heterocycles. The van der Waals surface area contributed by atoms with Crippen LogP contribution in [-0.4, -0.2) is 43.0 Å². The maximum atomic E-state index is 10.7. The SMILES string of the molecule is CC(C)CNC(N)=NCC(C)(C)C1(O)CCOCC1. The topological polar surface area (TPSA) is 79.9 Å². The largest absolute Gasteiger partial charge is 0.389 e. The van der Waals surface area contributed by atoms with Gasteiger partial charge in [0, 0.05) is 38.0 Å². The molecule has 0 amide bonds. The molecule has 0 atom stereocenters. The molecule has 1 rings (SSSR count). The van der Waals surface area contributed by atoms with Gasteiger partial charge in [0.25, 0.3) is 0 Å². The van der Waals surface area contributed by atoms with Crippen molar-refractivity contribution in [3.05, 3.63) is 0 Å². The van der Waals surface area contributed by atoms with Gasteiger partial charge in [-0.15, -0.1) is 0 Å². The molecule has 0 radical (unpaired) electrons. The summed E-state index contributed by atoms with van der Waals surface area (Å²) in [4.78, 5) is 4.37. The molecule has 5 heteroatoms. The lowest BCUT2D eigenvalue weighted by atomic mass is 9.70. The summed E-state index contributed by atoms with van der Waals surface area (Å²) in [6.07, 6.45) is 1.32. The molecule has 0 aromatic carbocycles. The zero-order valence-corrected chi connectivity index (χ0v) is 12.7. The maximum absolute atomic E-state index is 10.7. The van der Waals surface area contributed by atoms with Crippen molar-refractivity contribution in [3.8, 4) is 0 Å². The fraction of sp³-hybridized carbons (Fsp3) is 0.929. The fourth-order valence-electron chi connectivity index (χ4n) is 2.18. The highest BCUT2D eigenvalue weighted by atomic mass is 16.5. The summed E-state index contributed by atoms with van der Waals surface area (Å²) in [5, 5.41) is 13.8. The molecule has 1 aliphatic rings. The molecule has 0 aliphatic carbocycles. The summed E-state index contributed by atoms with van der Waals surface area (Å²) in [5.74, 6) is 0.985. The number of aliphatic hydroxyl groups is 1. The van der Waals surface area contributed by atoms with Crippen LogP contribution in [0.5, 0.6) is 0 Å². The van der Waals surface area contributed by atoms with Crippen LogP contribution in [0.3, 0.4) is 0 Å². The van der Waals surface area contributed by atoms with Crippen LogP contribution in [0.4, 0.5) is 0 Å². The number of ether oxygens (including phenoxy) is 1. The molecule has 0 saturated carbocycles. The van der Waals surface area contributed by atoms with Crippen molar-refractivity contribution in [1.82, 2.24) is 5.32 Å². The second-order valence-electron chi connectivity index (χ2n) is 6.50. The first-order valence-corrected chi connectivity index (χ1v) is 7.11. The first-order chi connectivity index (χ1) is 8.77. The summed E-state index contributed by atoms with van der Waals surface area (Å²) in [6, 6.07) is 0. The smallest absolute Gasteiger partial charge is 0.188 e. The number of hydrogen-bond acceptors (Lipinski definition) is 3. The fourth-order valence-corrected chi connectivity index (χ4v) is 2.18. The highest BCUT2D eigenvalue weighted by Gasteiger charge is 2.44. The lowest BCUT2D eigenvalue weighted by molar-refractivity contribution is -0.128. The molecule has 1 aliphatic heterocycles. The van der Waals surface area contributed by atoms with Gasteiger partial charge in [-0.1, -0.05) is 27.7 Å². The summed E-state index contributed by atoms with van der Waals surface area (Å²) >= 11 is 0. The van der Waals surface area contributed by atoms with Crippen LogP contribution in [0.1, 0.15) is 40.5 Å². The average Bonchev–Trinajstić information content (AvgIpc) is 2.34. The standard InChI is InChI=1S/C14H29N3O2/c1-11(2)9-16-12(15)17-10-13(3,4)14(18)5-7-19-8-6-14/h11,18H,5-10H2,1-4H3,(H3,15,16,17). The first-order valence-electron chi connectivity index (χ1n) is 7.11. The molecule has 0 aromatic heterocycles. The number of guanidine groups is 1. The van der Waals surface area contributed by atoms with Crippen molar-refractivity contribution >= 4 is 5.96 Å². The van der Waals surface area contributed by atoms with Gasteiger partial charge in [0.2, 0.25) is 0 Å². The molecular formula is C14H29N3O2. The Morgan fingerprint density at radius 3 is 2.53 bits per heavy atom. The number of hydrogen-bond donors (Lipinski definition) is 3. The van der Waals surface area contributed by atoms with Gasteiger partial charge in [-0.05, 0) is 5.92 Å². The third-order valence-corrected chi connectivity index (χ3v) is 3.92. The van der Waals surface area contributed by atoms with Crippen LogP contribution in [0.15, 0.2) is 4.99 Å². The van der Waals surface area contributed by atoms with E-state index in [1.54, 1.807) is 0 Å². The van der Waals surface area contributed by atoms with Gasteiger partial charge < -0.3 is 20.9 Å². The highest BCUT2D eigenvalue weighted by Crippen LogP contribution is 2.38. The second kappa shape index (κ2) is 6.57. The monoisotopic (exact) mass is 271 g/mol. The summed E-state index contributed by atoms with van der Waals surface area (Å²) in [6.45, 7) is 10.9. The van der Waals surface area contributed by atoms with Crippen LogP contribution in [0, 0.1) is 11.3 Å². The number of aliphatic imine (C=N–C) groups is 1. The van der Waals surface area contributed by atoms with Gasteiger partial charge in [0.05, 0.1) is 12.1 Å². The summed E-state index contributed by atoms with van der Waals surface area (Å²) < 4.78 is 5.32. The van der Waals surface area contributed by atoms with Crippen LogP contribution >= 0.6 is 0 Å². The normalized spacial score (nSPS) is 20.6. The van der Waals surface area contributed by atoms with Gasteiger partial charge in [-0.3, -0.25) is 4.99 Å².